The number of aromatic amines is 1. The van der Waals surface area contributed by atoms with Gasteiger partial charge in [-0.2, -0.15) is 5.10 Å². The topological polar surface area (TPSA) is 70.1 Å². The van der Waals surface area contributed by atoms with E-state index in [1.807, 2.05) is 49.4 Å². The van der Waals surface area contributed by atoms with Gasteiger partial charge in [0, 0.05) is 29.2 Å². The number of rotatable bonds is 4. The van der Waals surface area contributed by atoms with Gasteiger partial charge in [-0.05, 0) is 36.6 Å². The number of fused-ring (bicyclic) bond motifs is 1. The molecular weight excluding hydrogens is 276 g/mol. The smallest absolute Gasteiger partial charge is 0.245 e. The van der Waals surface area contributed by atoms with Crippen LogP contribution in [0.2, 0.25) is 0 Å². The van der Waals surface area contributed by atoms with E-state index in [0.29, 0.717) is 0 Å². The SMILES string of the molecule is CC(=NNC(=O)Cc1cc2ccccc2[nH]1)c1ccncc1. The van der Waals surface area contributed by atoms with Gasteiger partial charge in [0.25, 0.3) is 0 Å². The quantitative estimate of drug-likeness (QED) is 0.573. The Morgan fingerprint density at radius 3 is 2.77 bits per heavy atom. The number of hydrogen-bond donors (Lipinski definition) is 2. The first-order chi connectivity index (χ1) is 10.7. The number of hydrogen-bond acceptors (Lipinski definition) is 3. The number of para-hydroxylation sites is 1. The van der Waals surface area contributed by atoms with E-state index in [2.05, 4.69) is 20.5 Å². The van der Waals surface area contributed by atoms with Crippen LogP contribution in [0.5, 0.6) is 0 Å². The summed E-state index contributed by atoms with van der Waals surface area (Å²) in [6, 6.07) is 13.6. The minimum atomic E-state index is -0.153. The first-order valence-corrected chi connectivity index (χ1v) is 7.02. The molecule has 0 aliphatic rings. The summed E-state index contributed by atoms with van der Waals surface area (Å²) in [6.45, 7) is 1.85. The third-order valence-electron chi connectivity index (χ3n) is 3.38. The number of carbonyl (C=O) groups is 1. The van der Waals surface area contributed by atoms with E-state index < -0.39 is 0 Å². The Hall–Kier alpha value is -2.95. The highest BCUT2D eigenvalue weighted by molar-refractivity contribution is 5.99. The lowest BCUT2D eigenvalue weighted by molar-refractivity contribution is -0.120. The molecule has 3 aromatic rings. The van der Waals surface area contributed by atoms with Crippen LogP contribution < -0.4 is 5.43 Å². The van der Waals surface area contributed by atoms with Crippen molar-refractivity contribution in [3.63, 3.8) is 0 Å². The molecule has 0 aliphatic carbocycles. The summed E-state index contributed by atoms with van der Waals surface area (Å²) in [5, 5.41) is 5.22. The zero-order valence-corrected chi connectivity index (χ0v) is 12.2. The first kappa shape index (κ1) is 14.0. The molecule has 0 unspecified atom stereocenters. The van der Waals surface area contributed by atoms with Crippen LogP contribution in [-0.4, -0.2) is 21.6 Å². The van der Waals surface area contributed by atoms with Gasteiger partial charge in [-0.3, -0.25) is 9.78 Å². The van der Waals surface area contributed by atoms with Crippen LogP contribution in [-0.2, 0) is 11.2 Å². The normalized spacial score (nSPS) is 11.6. The minimum absolute atomic E-state index is 0.153. The highest BCUT2D eigenvalue weighted by Gasteiger charge is 2.06. The van der Waals surface area contributed by atoms with Gasteiger partial charge in [0.05, 0.1) is 12.1 Å². The molecule has 0 spiro atoms. The van der Waals surface area contributed by atoms with Crippen LogP contribution >= 0.6 is 0 Å². The Kier molecular flexibility index (Phi) is 3.96. The third-order valence-corrected chi connectivity index (χ3v) is 3.38. The molecular formula is C17H16N4O. The molecule has 1 amide bonds. The number of amides is 1. The highest BCUT2D eigenvalue weighted by atomic mass is 16.2. The van der Waals surface area contributed by atoms with Crippen molar-refractivity contribution in [1.29, 1.82) is 0 Å². The van der Waals surface area contributed by atoms with Crippen LogP contribution in [0.25, 0.3) is 10.9 Å². The van der Waals surface area contributed by atoms with Crippen molar-refractivity contribution in [2.24, 2.45) is 5.10 Å². The van der Waals surface area contributed by atoms with Crippen molar-refractivity contribution >= 4 is 22.5 Å². The maximum atomic E-state index is 12.0. The zero-order valence-electron chi connectivity index (χ0n) is 12.2. The summed E-state index contributed by atoms with van der Waals surface area (Å²) < 4.78 is 0. The Morgan fingerprint density at radius 1 is 1.23 bits per heavy atom. The van der Waals surface area contributed by atoms with Gasteiger partial charge in [0.1, 0.15) is 0 Å². The number of H-pyrrole nitrogens is 1. The molecule has 5 heteroatoms. The molecule has 2 heterocycles. The Balaban J connectivity index is 1.65. The van der Waals surface area contributed by atoms with E-state index in [1.165, 1.54) is 0 Å². The van der Waals surface area contributed by atoms with Gasteiger partial charge in [-0.15, -0.1) is 0 Å². The van der Waals surface area contributed by atoms with Gasteiger partial charge < -0.3 is 4.98 Å². The van der Waals surface area contributed by atoms with Gasteiger partial charge in [-0.25, -0.2) is 5.43 Å². The standard InChI is InChI=1S/C17H16N4O/c1-12(13-6-8-18-9-7-13)20-21-17(22)11-15-10-14-4-2-3-5-16(14)19-15/h2-10,19H,11H2,1H3,(H,21,22). The summed E-state index contributed by atoms with van der Waals surface area (Å²) in [5.41, 5.74) is 6.16. The number of pyridine rings is 1. The molecule has 3 rings (SSSR count). The van der Waals surface area contributed by atoms with Crippen LogP contribution in [0.15, 0.2) is 60.0 Å². The number of carbonyl (C=O) groups excluding carboxylic acids is 1. The van der Waals surface area contributed by atoms with Crippen molar-refractivity contribution in [3.05, 3.63) is 66.1 Å². The number of benzene rings is 1. The fourth-order valence-corrected chi connectivity index (χ4v) is 2.25. The maximum absolute atomic E-state index is 12.0. The molecule has 1 aromatic carbocycles. The van der Waals surface area contributed by atoms with Crippen molar-refractivity contribution in [2.45, 2.75) is 13.3 Å². The molecule has 110 valence electrons. The van der Waals surface area contributed by atoms with Crippen LogP contribution in [0.1, 0.15) is 18.2 Å². The highest BCUT2D eigenvalue weighted by Crippen LogP contribution is 2.14. The predicted molar refractivity (Wildman–Crippen MR) is 86.6 cm³/mol. The average molecular weight is 292 g/mol. The van der Waals surface area contributed by atoms with Crippen molar-refractivity contribution in [2.75, 3.05) is 0 Å². The largest absolute Gasteiger partial charge is 0.358 e. The number of aromatic nitrogens is 2. The maximum Gasteiger partial charge on any atom is 0.245 e. The van der Waals surface area contributed by atoms with Crippen molar-refractivity contribution < 1.29 is 4.79 Å². The molecule has 0 fully saturated rings. The van der Waals surface area contributed by atoms with Crippen LogP contribution in [0.4, 0.5) is 0 Å². The zero-order chi connectivity index (χ0) is 15.4. The second-order valence-electron chi connectivity index (χ2n) is 5.03. The molecule has 0 aliphatic heterocycles. The fourth-order valence-electron chi connectivity index (χ4n) is 2.25. The second kappa shape index (κ2) is 6.22. The lowest BCUT2D eigenvalue weighted by atomic mass is 10.2. The van der Waals surface area contributed by atoms with Crippen molar-refractivity contribution in [1.82, 2.24) is 15.4 Å². The van der Waals surface area contributed by atoms with Gasteiger partial charge >= 0.3 is 0 Å². The molecule has 0 radical (unpaired) electrons. The van der Waals surface area contributed by atoms with E-state index in [-0.39, 0.29) is 12.3 Å². The lowest BCUT2D eigenvalue weighted by Gasteiger charge is -2.02. The average Bonchev–Trinajstić information content (AvgIpc) is 2.95. The summed E-state index contributed by atoms with van der Waals surface area (Å²) >= 11 is 0. The van der Waals surface area contributed by atoms with Crippen LogP contribution in [0.3, 0.4) is 0 Å². The number of nitrogens with zero attached hydrogens (tertiary/aromatic N) is 2. The van der Waals surface area contributed by atoms with Gasteiger partial charge in [-0.1, -0.05) is 18.2 Å². The second-order valence-corrected chi connectivity index (χ2v) is 5.03. The summed E-state index contributed by atoms with van der Waals surface area (Å²) in [4.78, 5) is 19.2. The monoisotopic (exact) mass is 292 g/mol. The minimum Gasteiger partial charge on any atom is -0.358 e. The predicted octanol–water partition coefficient (Wildman–Crippen LogP) is 2.65. The van der Waals surface area contributed by atoms with Gasteiger partial charge in [0.15, 0.2) is 0 Å². The van der Waals surface area contributed by atoms with E-state index >= 15 is 0 Å². The van der Waals surface area contributed by atoms with E-state index in [9.17, 15) is 4.79 Å². The molecule has 0 atom stereocenters. The molecule has 2 N–H and O–H groups in total. The summed E-state index contributed by atoms with van der Waals surface area (Å²) in [7, 11) is 0. The first-order valence-electron chi connectivity index (χ1n) is 7.02. The number of nitrogens with one attached hydrogen (secondary N) is 2. The van der Waals surface area contributed by atoms with E-state index in [1.54, 1.807) is 12.4 Å². The lowest BCUT2D eigenvalue weighted by Crippen LogP contribution is -2.21. The third kappa shape index (κ3) is 3.20. The van der Waals surface area contributed by atoms with E-state index in [4.69, 9.17) is 0 Å². The summed E-state index contributed by atoms with van der Waals surface area (Å²) in [5.74, 6) is -0.153. The molecule has 0 bridgehead atoms. The molecule has 22 heavy (non-hydrogen) atoms. The molecule has 0 saturated heterocycles. The Morgan fingerprint density at radius 2 is 2.00 bits per heavy atom. The van der Waals surface area contributed by atoms with Crippen molar-refractivity contribution in [3.8, 4) is 0 Å². The van der Waals surface area contributed by atoms with Gasteiger partial charge in [0.2, 0.25) is 5.91 Å². The van der Waals surface area contributed by atoms with E-state index in [0.717, 1.165) is 27.9 Å². The molecule has 2 aromatic heterocycles. The Bertz CT molecular complexity index is 788. The Labute approximate surface area is 128 Å². The molecule has 5 nitrogen and oxygen atoms in total. The van der Waals surface area contributed by atoms with Crippen LogP contribution in [0, 0.1) is 0 Å². The number of hydrazone groups is 1. The summed E-state index contributed by atoms with van der Waals surface area (Å²) in [6.07, 6.45) is 3.66. The fraction of sp³-hybridized carbons (Fsp3) is 0.118. The molecule has 0 saturated carbocycles.